The average molecular weight is 560 g/mol. The molecule has 2 aliphatic rings. The first-order valence-corrected chi connectivity index (χ1v) is 14.7. The first kappa shape index (κ1) is 32.1. The molecule has 0 radical (unpaired) electrons. The van der Waals surface area contributed by atoms with Gasteiger partial charge in [0.2, 0.25) is 11.9 Å². The van der Waals surface area contributed by atoms with E-state index in [1.54, 1.807) is 12.4 Å². The number of hydrogen-bond donors (Lipinski definition) is 1. The predicted octanol–water partition coefficient (Wildman–Crippen LogP) is 3.92. The summed E-state index contributed by atoms with van der Waals surface area (Å²) in [5.41, 5.74) is -0.751. The van der Waals surface area contributed by atoms with Crippen LogP contribution in [-0.4, -0.2) is 82.0 Å². The molecule has 224 valence electrons. The number of nitrogens with zero attached hydrogens (tertiary/aromatic N) is 4. The zero-order valence-corrected chi connectivity index (χ0v) is 26.4. The van der Waals surface area contributed by atoms with Crippen LogP contribution >= 0.6 is 0 Å². The van der Waals surface area contributed by atoms with E-state index in [1.807, 2.05) is 67.2 Å². The van der Waals surface area contributed by atoms with Gasteiger partial charge in [0.05, 0.1) is 11.2 Å². The molecule has 0 bridgehead atoms. The van der Waals surface area contributed by atoms with Gasteiger partial charge < -0.3 is 29.2 Å². The molecule has 2 aliphatic heterocycles. The summed E-state index contributed by atoms with van der Waals surface area (Å²) in [6.45, 7) is 22.8. The maximum Gasteiger partial charge on any atom is 0.498 e. The number of carbonyl (C=O) groups excluding carboxylic acids is 2. The highest BCUT2D eigenvalue weighted by molar-refractivity contribution is 6.61. The Labute approximate surface area is 241 Å². The standard InChI is InChI=1S/C29H50BN5O5/c1-19(2)23(33-26(37)38-27(5,6)7)24(36)34-15-13-12-14-22(34)18-35(20(3)4)25-31-16-21(17-32-25)30-39-28(8,9)29(10,11)40-30/h16-17,19-20,22-23H,12-15,18H2,1-11H3,(H,33,37)/t22-,23-/m1/s1. The Bertz CT molecular complexity index is 1010. The molecule has 3 rings (SSSR count). The second-order valence-corrected chi connectivity index (χ2v) is 13.7. The normalized spacial score (nSPS) is 21.5. The van der Waals surface area contributed by atoms with Crippen molar-refractivity contribution in [3.05, 3.63) is 12.4 Å². The number of piperidine rings is 1. The number of anilines is 1. The number of likely N-dealkylation sites (tertiary alicyclic amines) is 1. The van der Waals surface area contributed by atoms with Crippen molar-refractivity contribution >= 4 is 30.5 Å². The maximum absolute atomic E-state index is 13.8. The van der Waals surface area contributed by atoms with E-state index < -0.39 is 36.1 Å². The van der Waals surface area contributed by atoms with Gasteiger partial charge in [-0.15, -0.1) is 0 Å². The lowest BCUT2D eigenvalue weighted by Crippen LogP contribution is -2.58. The zero-order chi connectivity index (χ0) is 30.0. The summed E-state index contributed by atoms with van der Waals surface area (Å²) in [6, 6.07) is -0.586. The molecule has 2 amide bonds. The predicted molar refractivity (Wildman–Crippen MR) is 158 cm³/mol. The van der Waals surface area contributed by atoms with Crippen molar-refractivity contribution in [2.75, 3.05) is 18.0 Å². The van der Waals surface area contributed by atoms with E-state index >= 15 is 0 Å². The van der Waals surface area contributed by atoms with Crippen LogP contribution in [0.4, 0.5) is 10.7 Å². The Kier molecular flexibility index (Phi) is 9.82. The van der Waals surface area contributed by atoms with Crippen molar-refractivity contribution in [3.8, 4) is 0 Å². The van der Waals surface area contributed by atoms with Crippen molar-refractivity contribution < 1.29 is 23.6 Å². The summed E-state index contributed by atoms with van der Waals surface area (Å²) in [7, 11) is -0.525. The molecule has 1 aromatic heterocycles. The fourth-order valence-corrected chi connectivity index (χ4v) is 4.94. The third-order valence-electron chi connectivity index (χ3n) is 7.99. The second kappa shape index (κ2) is 12.2. The van der Waals surface area contributed by atoms with E-state index in [0.29, 0.717) is 19.0 Å². The number of rotatable bonds is 8. The first-order chi connectivity index (χ1) is 18.4. The molecule has 0 aliphatic carbocycles. The van der Waals surface area contributed by atoms with Crippen molar-refractivity contribution in [1.82, 2.24) is 20.2 Å². The SMILES string of the molecule is CC(C)[C@@H](NC(=O)OC(C)(C)C)C(=O)N1CCCC[C@@H]1CN(c1ncc(B2OC(C)(C)C(C)(C)O2)cn1)C(C)C. The van der Waals surface area contributed by atoms with Crippen LogP contribution < -0.4 is 15.7 Å². The molecule has 0 aromatic carbocycles. The molecule has 1 N–H and O–H groups in total. The van der Waals surface area contributed by atoms with Gasteiger partial charge in [-0.25, -0.2) is 14.8 Å². The molecule has 2 atom stereocenters. The van der Waals surface area contributed by atoms with E-state index in [4.69, 9.17) is 24.0 Å². The smallest absolute Gasteiger partial charge is 0.444 e. The Morgan fingerprint density at radius 1 is 1.10 bits per heavy atom. The van der Waals surface area contributed by atoms with Crippen LogP contribution in [0.25, 0.3) is 0 Å². The quantitative estimate of drug-likeness (QED) is 0.478. The summed E-state index contributed by atoms with van der Waals surface area (Å²) in [5, 5.41) is 2.83. The van der Waals surface area contributed by atoms with Gasteiger partial charge >= 0.3 is 13.2 Å². The molecule has 1 aromatic rings. The van der Waals surface area contributed by atoms with E-state index in [1.165, 1.54) is 0 Å². The van der Waals surface area contributed by atoms with Gasteiger partial charge in [-0.05, 0) is 87.5 Å². The van der Waals surface area contributed by atoms with Gasteiger partial charge in [0.15, 0.2) is 0 Å². The van der Waals surface area contributed by atoms with Crippen molar-refractivity contribution in [3.63, 3.8) is 0 Å². The van der Waals surface area contributed by atoms with E-state index in [-0.39, 0.29) is 23.9 Å². The Morgan fingerprint density at radius 3 is 2.17 bits per heavy atom. The van der Waals surface area contributed by atoms with E-state index in [2.05, 4.69) is 24.1 Å². The second-order valence-electron chi connectivity index (χ2n) is 13.7. The first-order valence-electron chi connectivity index (χ1n) is 14.7. The van der Waals surface area contributed by atoms with Crippen LogP contribution in [-0.2, 0) is 18.8 Å². The number of ether oxygens (including phenoxy) is 1. The van der Waals surface area contributed by atoms with E-state index in [0.717, 1.165) is 24.7 Å². The van der Waals surface area contributed by atoms with Gasteiger partial charge in [0.25, 0.3) is 0 Å². The molecule has 0 unspecified atom stereocenters. The summed E-state index contributed by atoms with van der Waals surface area (Å²) in [5.74, 6) is 0.432. The highest BCUT2D eigenvalue weighted by atomic mass is 16.7. The van der Waals surface area contributed by atoms with Crippen LogP contribution in [0.2, 0.25) is 0 Å². The number of carbonyl (C=O) groups is 2. The number of nitrogens with one attached hydrogen (secondary N) is 1. The van der Waals surface area contributed by atoms with Crippen LogP contribution in [0.1, 0.15) is 95.4 Å². The molecular weight excluding hydrogens is 509 g/mol. The Hall–Kier alpha value is -2.40. The largest absolute Gasteiger partial charge is 0.498 e. The van der Waals surface area contributed by atoms with Gasteiger partial charge in [-0.1, -0.05) is 13.8 Å². The molecule has 2 saturated heterocycles. The lowest BCUT2D eigenvalue weighted by molar-refractivity contribution is -0.138. The molecule has 40 heavy (non-hydrogen) atoms. The average Bonchev–Trinajstić information content (AvgIpc) is 3.06. The minimum atomic E-state index is -0.668. The Morgan fingerprint density at radius 2 is 1.68 bits per heavy atom. The Balaban J connectivity index is 1.76. The van der Waals surface area contributed by atoms with Gasteiger partial charge in [-0.3, -0.25) is 4.79 Å². The lowest BCUT2D eigenvalue weighted by Gasteiger charge is -2.42. The molecule has 0 saturated carbocycles. The number of aromatic nitrogens is 2. The number of amides is 2. The highest BCUT2D eigenvalue weighted by Crippen LogP contribution is 2.36. The molecule has 0 spiro atoms. The fraction of sp³-hybridized carbons (Fsp3) is 0.793. The van der Waals surface area contributed by atoms with Crippen LogP contribution in [0.3, 0.4) is 0 Å². The monoisotopic (exact) mass is 559 g/mol. The number of hydrogen-bond acceptors (Lipinski definition) is 8. The minimum absolute atomic E-state index is 0.0308. The van der Waals surface area contributed by atoms with Crippen LogP contribution in [0.15, 0.2) is 12.4 Å². The van der Waals surface area contributed by atoms with Gasteiger partial charge in [-0.2, -0.15) is 0 Å². The van der Waals surface area contributed by atoms with Gasteiger partial charge in [0, 0.05) is 43.0 Å². The molecule has 3 heterocycles. The topological polar surface area (TPSA) is 106 Å². The third-order valence-corrected chi connectivity index (χ3v) is 7.99. The van der Waals surface area contributed by atoms with Crippen molar-refractivity contribution in [2.45, 2.75) is 130 Å². The van der Waals surface area contributed by atoms with E-state index in [9.17, 15) is 9.59 Å². The number of alkyl carbamates (subject to hydrolysis) is 1. The van der Waals surface area contributed by atoms with Crippen LogP contribution in [0.5, 0.6) is 0 Å². The summed E-state index contributed by atoms with van der Waals surface area (Å²) >= 11 is 0. The lowest BCUT2D eigenvalue weighted by atomic mass is 9.81. The third kappa shape index (κ3) is 7.66. The van der Waals surface area contributed by atoms with Crippen molar-refractivity contribution in [2.24, 2.45) is 5.92 Å². The molecule has 10 nitrogen and oxygen atoms in total. The molecular formula is C29H50BN5O5. The molecule has 11 heteroatoms. The molecule has 2 fully saturated rings. The summed E-state index contributed by atoms with van der Waals surface area (Å²) < 4.78 is 17.8. The van der Waals surface area contributed by atoms with Crippen LogP contribution in [0, 0.1) is 5.92 Å². The maximum atomic E-state index is 13.8. The fourth-order valence-electron chi connectivity index (χ4n) is 4.94. The van der Waals surface area contributed by atoms with Gasteiger partial charge in [0.1, 0.15) is 11.6 Å². The van der Waals surface area contributed by atoms with Crippen molar-refractivity contribution in [1.29, 1.82) is 0 Å². The minimum Gasteiger partial charge on any atom is -0.444 e. The summed E-state index contributed by atoms with van der Waals surface area (Å²) in [4.78, 5) is 39.8. The summed E-state index contributed by atoms with van der Waals surface area (Å²) in [6.07, 6.45) is 5.80. The highest BCUT2D eigenvalue weighted by Gasteiger charge is 2.52. The zero-order valence-electron chi connectivity index (χ0n) is 26.4.